The summed E-state index contributed by atoms with van der Waals surface area (Å²) >= 11 is 1.59. The molecule has 0 radical (unpaired) electrons. The summed E-state index contributed by atoms with van der Waals surface area (Å²) in [7, 11) is 0. The summed E-state index contributed by atoms with van der Waals surface area (Å²) in [5.41, 5.74) is 6.17. The Hall–Kier alpha value is -1.57. The second kappa shape index (κ2) is 8.17. The van der Waals surface area contributed by atoms with Gasteiger partial charge in [0.2, 0.25) is 0 Å². The molecular formula is C15H22N4O2S. The summed E-state index contributed by atoms with van der Waals surface area (Å²) in [6.07, 6.45) is 1.97. The number of nitrogens with two attached hydrogens (primary N) is 1. The van der Waals surface area contributed by atoms with E-state index in [9.17, 15) is 9.59 Å². The molecule has 2 rings (SSSR count). The van der Waals surface area contributed by atoms with Crippen molar-refractivity contribution in [3.8, 4) is 0 Å². The second-order valence-corrected chi connectivity index (χ2v) is 5.99. The lowest BCUT2D eigenvalue weighted by atomic mass is 10.3. The number of hydrogen-bond donors (Lipinski definition) is 2. The molecule has 7 heteroatoms. The summed E-state index contributed by atoms with van der Waals surface area (Å²) in [6.45, 7) is 4.10. The first kappa shape index (κ1) is 16.8. The molecular weight excluding hydrogens is 300 g/mol. The quantitative estimate of drug-likeness (QED) is 0.622. The standard InChI is InChI=1S/C15H22N4O2S/c1-22-13-4-2-3-12(11-13)17-14(20)15(21)19-9-7-18(6-5-16)8-10-19/h2-4,11H,5-10,16H2,1H3,(H,17,20). The molecule has 6 nitrogen and oxygen atoms in total. The van der Waals surface area contributed by atoms with Gasteiger partial charge in [0.05, 0.1) is 0 Å². The number of rotatable bonds is 4. The maximum atomic E-state index is 12.2. The highest BCUT2D eigenvalue weighted by molar-refractivity contribution is 7.98. The summed E-state index contributed by atoms with van der Waals surface area (Å²) in [6, 6.07) is 7.45. The molecule has 1 saturated heterocycles. The van der Waals surface area contributed by atoms with Gasteiger partial charge in [-0.05, 0) is 24.5 Å². The Morgan fingerprint density at radius 3 is 2.64 bits per heavy atom. The number of carbonyl (C=O) groups is 2. The Morgan fingerprint density at radius 1 is 1.27 bits per heavy atom. The van der Waals surface area contributed by atoms with Crippen molar-refractivity contribution in [2.24, 2.45) is 5.73 Å². The maximum Gasteiger partial charge on any atom is 0.313 e. The summed E-state index contributed by atoms with van der Waals surface area (Å²) in [5, 5.41) is 2.67. The van der Waals surface area contributed by atoms with Crippen LogP contribution in [-0.4, -0.2) is 67.1 Å². The van der Waals surface area contributed by atoms with E-state index in [0.29, 0.717) is 25.3 Å². The number of thioether (sulfide) groups is 1. The molecule has 1 fully saturated rings. The fraction of sp³-hybridized carbons (Fsp3) is 0.467. The average molecular weight is 322 g/mol. The third kappa shape index (κ3) is 4.46. The lowest BCUT2D eigenvalue weighted by Crippen LogP contribution is -2.52. The smallest absolute Gasteiger partial charge is 0.313 e. The van der Waals surface area contributed by atoms with E-state index in [-0.39, 0.29) is 0 Å². The summed E-state index contributed by atoms with van der Waals surface area (Å²) < 4.78 is 0. The molecule has 0 unspecified atom stereocenters. The van der Waals surface area contributed by atoms with Crippen LogP contribution in [-0.2, 0) is 9.59 Å². The molecule has 1 aromatic carbocycles. The highest BCUT2D eigenvalue weighted by Crippen LogP contribution is 2.19. The van der Waals surface area contributed by atoms with Gasteiger partial charge in [-0.15, -0.1) is 11.8 Å². The van der Waals surface area contributed by atoms with Gasteiger partial charge >= 0.3 is 11.8 Å². The Balaban J connectivity index is 1.88. The molecule has 1 aliphatic heterocycles. The van der Waals surface area contributed by atoms with Gasteiger partial charge in [-0.1, -0.05) is 6.07 Å². The van der Waals surface area contributed by atoms with Crippen LogP contribution < -0.4 is 11.1 Å². The first-order valence-electron chi connectivity index (χ1n) is 7.30. The molecule has 120 valence electrons. The summed E-state index contributed by atoms with van der Waals surface area (Å²) in [5.74, 6) is -1.05. The average Bonchev–Trinajstić information content (AvgIpc) is 2.55. The van der Waals surface area contributed by atoms with Crippen LogP contribution in [0, 0.1) is 0 Å². The van der Waals surface area contributed by atoms with E-state index in [1.165, 1.54) is 0 Å². The van der Waals surface area contributed by atoms with Crippen molar-refractivity contribution in [1.82, 2.24) is 9.80 Å². The van der Waals surface area contributed by atoms with Gasteiger partial charge in [0.15, 0.2) is 0 Å². The first-order chi connectivity index (χ1) is 10.6. The number of nitrogens with one attached hydrogen (secondary N) is 1. The van der Waals surface area contributed by atoms with Crippen LogP contribution in [0.1, 0.15) is 0 Å². The number of benzene rings is 1. The molecule has 22 heavy (non-hydrogen) atoms. The molecule has 0 atom stereocenters. The number of hydrogen-bond acceptors (Lipinski definition) is 5. The summed E-state index contributed by atoms with van der Waals surface area (Å²) in [4.78, 5) is 29.1. The highest BCUT2D eigenvalue weighted by atomic mass is 32.2. The minimum atomic E-state index is -0.578. The van der Waals surface area contributed by atoms with Crippen LogP contribution in [0.25, 0.3) is 0 Å². The zero-order valence-electron chi connectivity index (χ0n) is 12.7. The zero-order valence-corrected chi connectivity index (χ0v) is 13.6. The highest BCUT2D eigenvalue weighted by Gasteiger charge is 2.25. The van der Waals surface area contributed by atoms with E-state index in [1.807, 2.05) is 24.5 Å². The number of anilines is 1. The fourth-order valence-corrected chi connectivity index (χ4v) is 2.85. The Bertz CT molecular complexity index is 530. The Labute approximate surface area is 135 Å². The number of piperazine rings is 1. The molecule has 1 aromatic rings. The number of amides is 2. The van der Waals surface area contributed by atoms with Crippen LogP contribution >= 0.6 is 11.8 Å². The first-order valence-corrected chi connectivity index (χ1v) is 8.53. The van der Waals surface area contributed by atoms with E-state index in [2.05, 4.69) is 10.2 Å². The van der Waals surface area contributed by atoms with Crippen molar-refractivity contribution in [2.45, 2.75) is 4.90 Å². The minimum absolute atomic E-state index is 0.470. The van der Waals surface area contributed by atoms with E-state index in [0.717, 1.165) is 24.5 Å². The van der Waals surface area contributed by atoms with Crippen molar-refractivity contribution in [1.29, 1.82) is 0 Å². The van der Waals surface area contributed by atoms with Crippen molar-refractivity contribution >= 4 is 29.3 Å². The van der Waals surface area contributed by atoms with Crippen molar-refractivity contribution in [2.75, 3.05) is 50.8 Å². The Morgan fingerprint density at radius 2 is 2.00 bits per heavy atom. The third-order valence-corrected chi connectivity index (χ3v) is 4.35. The monoisotopic (exact) mass is 322 g/mol. The molecule has 3 N–H and O–H groups in total. The van der Waals surface area contributed by atoms with Gasteiger partial charge in [-0.25, -0.2) is 0 Å². The molecule has 1 heterocycles. The molecule has 0 bridgehead atoms. The Kier molecular flexibility index (Phi) is 6.23. The van der Waals surface area contributed by atoms with Gasteiger partial charge < -0.3 is 16.0 Å². The normalized spacial score (nSPS) is 15.6. The molecule has 0 spiro atoms. The van der Waals surface area contributed by atoms with E-state index >= 15 is 0 Å². The zero-order chi connectivity index (χ0) is 15.9. The topological polar surface area (TPSA) is 78.7 Å². The predicted octanol–water partition coefficient (Wildman–Crippen LogP) is 0.450. The van der Waals surface area contributed by atoms with E-state index in [1.54, 1.807) is 22.7 Å². The SMILES string of the molecule is CSc1cccc(NC(=O)C(=O)N2CCN(CCN)CC2)c1. The molecule has 0 aromatic heterocycles. The second-order valence-electron chi connectivity index (χ2n) is 5.11. The number of nitrogens with zero attached hydrogens (tertiary/aromatic N) is 2. The largest absolute Gasteiger partial charge is 0.332 e. The van der Waals surface area contributed by atoms with Gasteiger partial charge in [0.1, 0.15) is 0 Å². The molecule has 1 aliphatic rings. The minimum Gasteiger partial charge on any atom is -0.332 e. The molecule has 2 amide bonds. The van der Waals surface area contributed by atoms with Crippen LogP contribution in [0.15, 0.2) is 29.2 Å². The third-order valence-electron chi connectivity index (χ3n) is 3.63. The van der Waals surface area contributed by atoms with Gasteiger partial charge in [0, 0.05) is 49.9 Å². The van der Waals surface area contributed by atoms with Gasteiger partial charge in [-0.3, -0.25) is 14.5 Å². The fourth-order valence-electron chi connectivity index (χ4n) is 2.39. The lowest BCUT2D eigenvalue weighted by molar-refractivity contribution is -0.144. The van der Waals surface area contributed by atoms with Crippen LogP contribution in [0.3, 0.4) is 0 Å². The van der Waals surface area contributed by atoms with Crippen LogP contribution in [0.2, 0.25) is 0 Å². The van der Waals surface area contributed by atoms with Crippen molar-refractivity contribution < 1.29 is 9.59 Å². The van der Waals surface area contributed by atoms with Gasteiger partial charge in [0.25, 0.3) is 0 Å². The van der Waals surface area contributed by atoms with Crippen molar-refractivity contribution in [3.05, 3.63) is 24.3 Å². The van der Waals surface area contributed by atoms with Crippen LogP contribution in [0.4, 0.5) is 5.69 Å². The van der Waals surface area contributed by atoms with Crippen LogP contribution in [0.5, 0.6) is 0 Å². The van der Waals surface area contributed by atoms with Crippen molar-refractivity contribution in [3.63, 3.8) is 0 Å². The molecule has 0 saturated carbocycles. The molecule has 0 aliphatic carbocycles. The van der Waals surface area contributed by atoms with E-state index in [4.69, 9.17) is 5.73 Å². The number of carbonyl (C=O) groups excluding carboxylic acids is 2. The van der Waals surface area contributed by atoms with Gasteiger partial charge in [-0.2, -0.15) is 0 Å². The maximum absolute atomic E-state index is 12.2. The predicted molar refractivity (Wildman–Crippen MR) is 88.9 cm³/mol. The van der Waals surface area contributed by atoms with E-state index < -0.39 is 11.8 Å². The lowest BCUT2D eigenvalue weighted by Gasteiger charge is -2.34.